The zero-order chi connectivity index (χ0) is 24.2. The summed E-state index contributed by atoms with van der Waals surface area (Å²) >= 11 is 6.06. The molecule has 0 spiro atoms. The van der Waals surface area contributed by atoms with Crippen LogP contribution in [-0.2, 0) is 14.8 Å². The van der Waals surface area contributed by atoms with Gasteiger partial charge < -0.3 is 14.8 Å². The number of hydrogen-bond donors (Lipinski definition) is 1. The molecule has 9 heteroatoms. The molecule has 2 aromatic carbocycles. The summed E-state index contributed by atoms with van der Waals surface area (Å²) in [6.45, 7) is 7.54. The van der Waals surface area contributed by atoms with Gasteiger partial charge in [0.1, 0.15) is 18.0 Å². The van der Waals surface area contributed by atoms with E-state index < -0.39 is 22.5 Å². The number of rotatable bonds is 9. The van der Waals surface area contributed by atoms with Gasteiger partial charge >= 0.3 is 0 Å². The van der Waals surface area contributed by atoms with Crippen LogP contribution in [0.1, 0.15) is 49.4 Å². The van der Waals surface area contributed by atoms with Crippen molar-refractivity contribution in [3.63, 3.8) is 0 Å². The number of aryl methyl sites for hydroxylation is 1. The van der Waals surface area contributed by atoms with Crippen molar-refractivity contribution in [1.29, 1.82) is 0 Å². The minimum Gasteiger partial charge on any atom is -0.496 e. The van der Waals surface area contributed by atoms with Gasteiger partial charge in [0.15, 0.2) is 0 Å². The Morgan fingerprint density at radius 2 is 1.69 bits per heavy atom. The highest BCUT2D eigenvalue weighted by Gasteiger charge is 2.25. The van der Waals surface area contributed by atoms with E-state index in [1.165, 1.54) is 13.2 Å². The maximum atomic E-state index is 12.9. The molecule has 0 heterocycles. The third-order valence-corrected chi connectivity index (χ3v) is 6.54. The minimum atomic E-state index is -3.78. The Balaban J connectivity index is 2.32. The first-order valence-corrected chi connectivity index (χ1v) is 12.4. The van der Waals surface area contributed by atoms with Crippen LogP contribution in [0, 0.1) is 6.92 Å². The molecule has 32 heavy (non-hydrogen) atoms. The molecule has 7 nitrogen and oxygen atoms in total. The number of methoxy groups -OCH3 is 2. The van der Waals surface area contributed by atoms with Crippen LogP contribution in [-0.4, -0.2) is 41.3 Å². The van der Waals surface area contributed by atoms with Gasteiger partial charge in [-0.2, -0.15) is 0 Å². The first kappa shape index (κ1) is 25.8. The van der Waals surface area contributed by atoms with E-state index in [1.54, 1.807) is 19.2 Å². The lowest BCUT2D eigenvalue weighted by Crippen LogP contribution is -2.41. The second-order valence-electron chi connectivity index (χ2n) is 7.98. The fourth-order valence-electron chi connectivity index (χ4n) is 3.54. The summed E-state index contributed by atoms with van der Waals surface area (Å²) in [5, 5.41) is 3.24. The Labute approximate surface area is 195 Å². The van der Waals surface area contributed by atoms with Crippen LogP contribution in [0.25, 0.3) is 0 Å². The summed E-state index contributed by atoms with van der Waals surface area (Å²) in [6, 6.07) is 8.25. The predicted molar refractivity (Wildman–Crippen MR) is 129 cm³/mol. The normalized spacial score (nSPS) is 12.4. The molecule has 0 saturated carbocycles. The van der Waals surface area contributed by atoms with Gasteiger partial charge in [-0.1, -0.05) is 25.4 Å². The smallest absolute Gasteiger partial charge is 0.241 e. The van der Waals surface area contributed by atoms with Gasteiger partial charge in [-0.3, -0.25) is 9.10 Å². The number of halogens is 1. The summed E-state index contributed by atoms with van der Waals surface area (Å²) in [5.41, 5.74) is 3.15. The number of ether oxygens (including phenoxy) is 2. The number of nitrogens with zero attached hydrogens (tertiary/aromatic N) is 1. The molecule has 0 saturated heterocycles. The van der Waals surface area contributed by atoms with Crippen molar-refractivity contribution in [3.8, 4) is 11.5 Å². The standard InChI is InChI=1S/C23H31ClN2O5S/c1-14(2)18-12-19(15(3)10-22(18)31-6)16(4)25-23(27)13-26(32(7,28)29)20-11-17(24)8-9-21(20)30-5/h8-12,14,16H,13H2,1-7H3,(H,25,27)/t16-/m1/s1. The molecule has 2 aromatic rings. The third kappa shape index (κ3) is 6.07. The van der Waals surface area contributed by atoms with E-state index >= 15 is 0 Å². The van der Waals surface area contributed by atoms with E-state index in [0.717, 1.165) is 33.0 Å². The SMILES string of the molecule is COc1cc(C)c([C@@H](C)NC(=O)CN(c2cc(Cl)ccc2OC)S(C)(=O)=O)cc1C(C)C. The van der Waals surface area contributed by atoms with Crippen LogP contribution in [0.2, 0.25) is 5.02 Å². The zero-order valence-corrected chi connectivity index (χ0v) is 21.1. The van der Waals surface area contributed by atoms with Gasteiger partial charge in [-0.25, -0.2) is 8.42 Å². The fourth-order valence-corrected chi connectivity index (χ4v) is 4.56. The molecule has 176 valence electrons. The molecule has 0 bridgehead atoms. The van der Waals surface area contributed by atoms with Crippen LogP contribution in [0.4, 0.5) is 5.69 Å². The average molecular weight is 483 g/mol. The van der Waals surface area contributed by atoms with E-state index in [1.807, 2.05) is 26.0 Å². The summed E-state index contributed by atoms with van der Waals surface area (Å²) in [5.74, 6) is 0.888. The minimum absolute atomic E-state index is 0.202. The molecule has 2 rings (SSSR count). The summed E-state index contributed by atoms with van der Waals surface area (Å²) in [7, 11) is -0.722. The lowest BCUT2D eigenvalue weighted by atomic mass is 9.93. The highest BCUT2D eigenvalue weighted by molar-refractivity contribution is 7.92. The predicted octanol–water partition coefficient (Wildman–Crippen LogP) is 4.43. The van der Waals surface area contributed by atoms with Crippen molar-refractivity contribution in [2.24, 2.45) is 0 Å². The van der Waals surface area contributed by atoms with Crippen LogP contribution in [0.15, 0.2) is 30.3 Å². The Hall–Kier alpha value is -2.45. The number of anilines is 1. The van der Waals surface area contributed by atoms with E-state index in [2.05, 4.69) is 19.2 Å². The van der Waals surface area contributed by atoms with Crippen LogP contribution < -0.4 is 19.1 Å². The van der Waals surface area contributed by atoms with Crippen molar-refractivity contribution >= 4 is 33.2 Å². The van der Waals surface area contributed by atoms with Crippen LogP contribution in [0.3, 0.4) is 0 Å². The largest absolute Gasteiger partial charge is 0.496 e. The topological polar surface area (TPSA) is 84.9 Å². The molecule has 1 N–H and O–H groups in total. The number of amides is 1. The lowest BCUT2D eigenvalue weighted by molar-refractivity contribution is -0.120. The molecule has 0 radical (unpaired) electrons. The molecule has 0 aromatic heterocycles. The lowest BCUT2D eigenvalue weighted by Gasteiger charge is -2.25. The van der Waals surface area contributed by atoms with Gasteiger partial charge in [0, 0.05) is 5.02 Å². The molecule has 0 aliphatic rings. The number of benzene rings is 2. The second-order valence-corrected chi connectivity index (χ2v) is 10.3. The molecular formula is C23H31ClN2O5S. The molecular weight excluding hydrogens is 452 g/mol. The van der Waals surface area contributed by atoms with E-state index in [9.17, 15) is 13.2 Å². The number of hydrogen-bond acceptors (Lipinski definition) is 5. The monoisotopic (exact) mass is 482 g/mol. The van der Waals surface area contributed by atoms with E-state index in [-0.39, 0.29) is 17.6 Å². The van der Waals surface area contributed by atoms with Gasteiger partial charge in [-0.05, 0) is 66.8 Å². The van der Waals surface area contributed by atoms with E-state index in [4.69, 9.17) is 21.1 Å². The summed E-state index contributed by atoms with van der Waals surface area (Å²) in [6.07, 6.45) is 1.03. The molecule has 1 atom stereocenters. The first-order valence-electron chi connectivity index (χ1n) is 10.2. The summed E-state index contributed by atoms with van der Waals surface area (Å²) < 4.78 is 36.7. The highest BCUT2D eigenvalue weighted by atomic mass is 35.5. The van der Waals surface area contributed by atoms with Crippen LogP contribution in [0.5, 0.6) is 11.5 Å². The van der Waals surface area contributed by atoms with Crippen LogP contribution >= 0.6 is 11.6 Å². The van der Waals surface area contributed by atoms with Crippen molar-refractivity contribution in [2.75, 3.05) is 31.3 Å². The first-order chi connectivity index (χ1) is 14.9. The Morgan fingerprint density at radius 1 is 1.06 bits per heavy atom. The molecule has 1 amide bonds. The molecule has 0 aliphatic carbocycles. The number of carbonyl (C=O) groups is 1. The second kappa shape index (κ2) is 10.4. The van der Waals surface area contributed by atoms with Gasteiger partial charge in [-0.15, -0.1) is 0 Å². The number of nitrogens with one attached hydrogen (secondary N) is 1. The highest BCUT2D eigenvalue weighted by Crippen LogP contribution is 2.34. The average Bonchev–Trinajstić information content (AvgIpc) is 2.70. The Bertz CT molecular complexity index is 1090. The van der Waals surface area contributed by atoms with Crippen molar-refractivity contribution in [3.05, 3.63) is 52.0 Å². The van der Waals surface area contributed by atoms with Crippen molar-refractivity contribution in [1.82, 2.24) is 5.32 Å². The van der Waals surface area contributed by atoms with Crippen molar-refractivity contribution in [2.45, 2.75) is 39.7 Å². The van der Waals surface area contributed by atoms with Gasteiger partial charge in [0.05, 0.1) is 32.2 Å². The number of sulfonamides is 1. The maximum absolute atomic E-state index is 12.9. The quantitative estimate of drug-likeness (QED) is 0.571. The Kier molecular flexibility index (Phi) is 8.42. The zero-order valence-electron chi connectivity index (χ0n) is 19.5. The van der Waals surface area contributed by atoms with Gasteiger partial charge in [0.25, 0.3) is 0 Å². The van der Waals surface area contributed by atoms with Gasteiger partial charge in [0.2, 0.25) is 15.9 Å². The third-order valence-electron chi connectivity index (χ3n) is 5.18. The molecule has 0 fully saturated rings. The maximum Gasteiger partial charge on any atom is 0.241 e. The van der Waals surface area contributed by atoms with Crippen molar-refractivity contribution < 1.29 is 22.7 Å². The number of carbonyl (C=O) groups excluding carboxylic acids is 1. The summed E-state index contributed by atoms with van der Waals surface area (Å²) in [4.78, 5) is 12.9. The fraction of sp³-hybridized carbons (Fsp3) is 0.435. The van der Waals surface area contributed by atoms with E-state index in [0.29, 0.717) is 10.8 Å². The molecule has 0 unspecified atom stereocenters. The Morgan fingerprint density at radius 3 is 2.22 bits per heavy atom. The molecule has 0 aliphatic heterocycles.